The topological polar surface area (TPSA) is 84.8 Å². The molecule has 1 aliphatic heterocycles. The predicted molar refractivity (Wildman–Crippen MR) is 76.1 cm³/mol. The van der Waals surface area contributed by atoms with Gasteiger partial charge >= 0.3 is 0 Å². The fraction of sp³-hybridized carbons (Fsp3) is 0.500. The quantitative estimate of drug-likeness (QED) is 0.854. The molecule has 2 aromatic heterocycles. The van der Waals surface area contributed by atoms with Crippen LogP contribution in [0.5, 0.6) is 0 Å². The second-order valence-electron chi connectivity index (χ2n) is 5.29. The van der Waals surface area contributed by atoms with Gasteiger partial charge in [0.05, 0.1) is 36.8 Å². The van der Waals surface area contributed by atoms with E-state index in [4.69, 9.17) is 4.74 Å². The second-order valence-corrected chi connectivity index (χ2v) is 5.29. The van der Waals surface area contributed by atoms with Crippen molar-refractivity contribution in [1.29, 1.82) is 0 Å². The van der Waals surface area contributed by atoms with Gasteiger partial charge in [0, 0.05) is 25.3 Å². The van der Waals surface area contributed by atoms with Gasteiger partial charge in [-0.05, 0) is 18.9 Å². The number of aromatic amines is 1. The van der Waals surface area contributed by atoms with E-state index in [0.717, 1.165) is 24.3 Å². The highest BCUT2D eigenvalue weighted by Gasteiger charge is 2.24. The summed E-state index contributed by atoms with van der Waals surface area (Å²) in [4.78, 5) is 12.2. The lowest BCUT2D eigenvalue weighted by Crippen LogP contribution is -2.28. The van der Waals surface area contributed by atoms with Crippen molar-refractivity contribution in [2.24, 2.45) is 0 Å². The summed E-state index contributed by atoms with van der Waals surface area (Å²) >= 11 is 0. The van der Waals surface area contributed by atoms with Crippen LogP contribution < -0.4 is 5.32 Å². The van der Waals surface area contributed by atoms with Gasteiger partial charge in [-0.2, -0.15) is 10.2 Å². The minimum atomic E-state index is -0.102. The maximum Gasteiger partial charge on any atom is 0.254 e. The van der Waals surface area contributed by atoms with E-state index >= 15 is 0 Å². The minimum Gasteiger partial charge on any atom is -0.381 e. The number of carbonyl (C=O) groups is 1. The summed E-state index contributed by atoms with van der Waals surface area (Å²) in [6.45, 7) is 4.56. The lowest BCUT2D eigenvalue weighted by molar-refractivity contribution is 0.0950. The molecule has 0 aliphatic carbocycles. The predicted octanol–water partition coefficient (Wildman–Crippen LogP) is 0.849. The molecule has 0 radical (unpaired) electrons. The summed E-state index contributed by atoms with van der Waals surface area (Å²) in [5.41, 5.74) is 2.60. The van der Waals surface area contributed by atoms with E-state index in [9.17, 15) is 4.79 Å². The molecule has 112 valence electrons. The number of nitrogens with one attached hydrogen (secondary N) is 2. The van der Waals surface area contributed by atoms with Crippen LogP contribution in [0, 0.1) is 6.92 Å². The SMILES string of the molecule is Cc1cnn(CCNC(=O)c2cn[nH]c2[C@H]2CCOC2)c1. The zero-order valence-corrected chi connectivity index (χ0v) is 12.0. The zero-order valence-electron chi connectivity index (χ0n) is 12.0. The number of amides is 1. The molecule has 0 saturated carbocycles. The number of hydrogen-bond acceptors (Lipinski definition) is 4. The number of ether oxygens (including phenoxy) is 1. The normalized spacial score (nSPS) is 18.0. The Morgan fingerprint density at radius 1 is 1.57 bits per heavy atom. The number of carbonyl (C=O) groups excluding carboxylic acids is 1. The maximum atomic E-state index is 12.2. The van der Waals surface area contributed by atoms with E-state index in [1.54, 1.807) is 12.4 Å². The third-order valence-electron chi connectivity index (χ3n) is 3.64. The Kier molecular flexibility index (Phi) is 4.01. The van der Waals surface area contributed by atoms with Crippen molar-refractivity contribution >= 4 is 5.91 Å². The minimum absolute atomic E-state index is 0.102. The van der Waals surface area contributed by atoms with E-state index < -0.39 is 0 Å². The summed E-state index contributed by atoms with van der Waals surface area (Å²) in [5.74, 6) is 0.136. The molecule has 7 nitrogen and oxygen atoms in total. The van der Waals surface area contributed by atoms with Crippen molar-refractivity contribution in [1.82, 2.24) is 25.3 Å². The van der Waals surface area contributed by atoms with Gasteiger partial charge in [0.25, 0.3) is 5.91 Å². The molecular formula is C14H19N5O2. The molecule has 1 amide bonds. The molecule has 3 rings (SSSR count). The van der Waals surface area contributed by atoms with E-state index in [0.29, 0.717) is 25.3 Å². The van der Waals surface area contributed by atoms with E-state index in [1.165, 1.54) is 0 Å². The van der Waals surface area contributed by atoms with Crippen LogP contribution in [0.3, 0.4) is 0 Å². The number of H-pyrrole nitrogens is 1. The van der Waals surface area contributed by atoms with Crippen molar-refractivity contribution in [2.45, 2.75) is 25.8 Å². The molecule has 2 N–H and O–H groups in total. The Morgan fingerprint density at radius 2 is 2.48 bits per heavy atom. The third kappa shape index (κ3) is 3.13. The van der Waals surface area contributed by atoms with Gasteiger partial charge in [0.2, 0.25) is 0 Å². The fourth-order valence-electron chi connectivity index (χ4n) is 2.52. The first-order valence-corrected chi connectivity index (χ1v) is 7.12. The van der Waals surface area contributed by atoms with Gasteiger partial charge in [-0.25, -0.2) is 0 Å². The highest BCUT2D eigenvalue weighted by Crippen LogP contribution is 2.25. The molecule has 3 heterocycles. The molecule has 2 aromatic rings. The Bertz CT molecular complexity index is 612. The molecule has 0 bridgehead atoms. The summed E-state index contributed by atoms with van der Waals surface area (Å²) in [6, 6.07) is 0. The van der Waals surface area contributed by atoms with Crippen LogP contribution in [-0.2, 0) is 11.3 Å². The van der Waals surface area contributed by atoms with Gasteiger partial charge in [-0.3, -0.25) is 14.6 Å². The Labute approximate surface area is 122 Å². The molecule has 21 heavy (non-hydrogen) atoms. The van der Waals surface area contributed by atoms with E-state index in [2.05, 4.69) is 20.6 Å². The average molecular weight is 289 g/mol. The fourth-order valence-corrected chi connectivity index (χ4v) is 2.52. The largest absolute Gasteiger partial charge is 0.381 e. The summed E-state index contributed by atoms with van der Waals surface area (Å²) < 4.78 is 7.18. The number of aromatic nitrogens is 4. The van der Waals surface area contributed by atoms with Crippen LogP contribution in [0.2, 0.25) is 0 Å². The third-order valence-corrected chi connectivity index (χ3v) is 3.64. The van der Waals surface area contributed by atoms with Gasteiger partial charge in [-0.15, -0.1) is 0 Å². The van der Waals surface area contributed by atoms with Crippen molar-refractivity contribution in [2.75, 3.05) is 19.8 Å². The van der Waals surface area contributed by atoms with Crippen molar-refractivity contribution < 1.29 is 9.53 Å². The Hall–Kier alpha value is -2.15. The molecule has 0 spiro atoms. The zero-order chi connectivity index (χ0) is 14.7. The van der Waals surface area contributed by atoms with Gasteiger partial charge in [-0.1, -0.05) is 0 Å². The van der Waals surface area contributed by atoms with Crippen LogP contribution in [0.4, 0.5) is 0 Å². The second kappa shape index (κ2) is 6.09. The molecule has 7 heteroatoms. The van der Waals surface area contributed by atoms with Crippen LogP contribution >= 0.6 is 0 Å². The molecule has 1 fully saturated rings. The van der Waals surface area contributed by atoms with Crippen molar-refractivity contribution in [3.8, 4) is 0 Å². The average Bonchev–Trinajstić information content (AvgIpc) is 3.19. The lowest BCUT2D eigenvalue weighted by Gasteiger charge is -2.09. The smallest absolute Gasteiger partial charge is 0.254 e. The lowest BCUT2D eigenvalue weighted by atomic mass is 10.0. The molecule has 1 aliphatic rings. The summed E-state index contributed by atoms with van der Waals surface area (Å²) in [7, 11) is 0. The summed E-state index contributed by atoms with van der Waals surface area (Å²) in [6.07, 6.45) is 6.26. The first kappa shape index (κ1) is 13.8. The molecule has 1 saturated heterocycles. The van der Waals surface area contributed by atoms with Gasteiger partial charge in [0.15, 0.2) is 0 Å². The van der Waals surface area contributed by atoms with Crippen LogP contribution in [0.25, 0.3) is 0 Å². The molecule has 0 unspecified atom stereocenters. The van der Waals surface area contributed by atoms with Crippen LogP contribution in [0.1, 0.15) is 34.0 Å². The highest BCUT2D eigenvalue weighted by molar-refractivity contribution is 5.95. The Balaban J connectivity index is 1.57. The molecular weight excluding hydrogens is 270 g/mol. The van der Waals surface area contributed by atoms with Gasteiger partial charge < -0.3 is 10.1 Å². The number of rotatable bonds is 5. The number of hydrogen-bond donors (Lipinski definition) is 2. The Morgan fingerprint density at radius 3 is 3.19 bits per heavy atom. The van der Waals surface area contributed by atoms with Crippen molar-refractivity contribution in [3.63, 3.8) is 0 Å². The molecule has 1 atom stereocenters. The van der Waals surface area contributed by atoms with Crippen molar-refractivity contribution in [3.05, 3.63) is 35.4 Å². The first-order valence-electron chi connectivity index (χ1n) is 7.12. The van der Waals surface area contributed by atoms with E-state index in [1.807, 2.05) is 17.8 Å². The number of nitrogens with zero attached hydrogens (tertiary/aromatic N) is 3. The maximum absolute atomic E-state index is 12.2. The standard InChI is InChI=1S/C14H19N5O2/c1-10-6-17-19(8-10)4-3-15-14(20)12-7-16-18-13(12)11-2-5-21-9-11/h6-8,11H,2-5,9H2,1H3,(H,15,20)(H,16,18)/t11-/m0/s1. The molecule has 0 aromatic carbocycles. The van der Waals surface area contributed by atoms with E-state index in [-0.39, 0.29) is 11.8 Å². The van der Waals surface area contributed by atoms with Crippen LogP contribution in [-0.4, -0.2) is 45.6 Å². The highest BCUT2D eigenvalue weighted by atomic mass is 16.5. The monoisotopic (exact) mass is 289 g/mol. The first-order chi connectivity index (χ1) is 10.2. The number of aryl methyl sites for hydroxylation is 1. The summed E-state index contributed by atoms with van der Waals surface area (Å²) in [5, 5.41) is 14.0. The van der Waals surface area contributed by atoms with Crippen LogP contribution in [0.15, 0.2) is 18.6 Å². The van der Waals surface area contributed by atoms with Gasteiger partial charge in [0.1, 0.15) is 0 Å².